The van der Waals surface area contributed by atoms with Crippen LogP contribution in [0.25, 0.3) is 4.96 Å². The van der Waals surface area contributed by atoms with Gasteiger partial charge in [-0.2, -0.15) is 4.52 Å². The molecule has 1 aliphatic rings. The Labute approximate surface area is 190 Å². The number of hydrogen-bond acceptors (Lipinski definition) is 6. The molecule has 1 N–H and O–H groups in total. The zero-order chi connectivity index (χ0) is 21.8. The summed E-state index contributed by atoms with van der Waals surface area (Å²) in [7, 11) is 0. The molecule has 0 unspecified atom stereocenters. The molecular weight excluding hydrogens is 434 g/mol. The van der Waals surface area contributed by atoms with Gasteiger partial charge in [-0.25, -0.2) is 4.98 Å². The van der Waals surface area contributed by atoms with Gasteiger partial charge in [0.2, 0.25) is 16.0 Å². The molecule has 0 bridgehead atoms. The Hall–Kier alpha value is -2.45. The quantitative estimate of drug-likeness (QED) is 0.586. The van der Waals surface area contributed by atoms with Gasteiger partial charge < -0.3 is 10.2 Å². The highest BCUT2D eigenvalue weighted by molar-refractivity contribution is 7.20. The van der Waals surface area contributed by atoms with E-state index in [1.807, 2.05) is 24.3 Å². The number of benzene rings is 1. The van der Waals surface area contributed by atoms with Crippen LogP contribution in [-0.2, 0) is 17.6 Å². The number of carbonyl (C=O) groups excluding carboxylic acids is 1. The summed E-state index contributed by atoms with van der Waals surface area (Å²) in [6.45, 7) is 4.17. The van der Waals surface area contributed by atoms with E-state index in [-0.39, 0.29) is 17.4 Å². The molecule has 4 rings (SSSR count). The van der Waals surface area contributed by atoms with Gasteiger partial charge in [0.25, 0.3) is 5.56 Å². The van der Waals surface area contributed by atoms with Gasteiger partial charge in [0.05, 0.1) is 0 Å². The van der Waals surface area contributed by atoms with Gasteiger partial charge in [0.1, 0.15) is 0 Å². The number of rotatable bonds is 7. The van der Waals surface area contributed by atoms with E-state index < -0.39 is 0 Å². The largest absolute Gasteiger partial charge is 0.356 e. The Morgan fingerprint density at radius 3 is 2.68 bits per heavy atom. The minimum Gasteiger partial charge on any atom is -0.356 e. The number of nitrogens with zero attached hydrogens (tertiary/aromatic N) is 4. The number of nitrogens with one attached hydrogen (secondary N) is 1. The third-order valence-electron chi connectivity index (χ3n) is 5.56. The molecule has 1 aromatic carbocycles. The van der Waals surface area contributed by atoms with Gasteiger partial charge >= 0.3 is 0 Å². The third-order valence-corrected chi connectivity index (χ3v) is 6.78. The lowest BCUT2D eigenvalue weighted by atomic mass is 9.96. The topological polar surface area (TPSA) is 79.6 Å². The van der Waals surface area contributed by atoms with E-state index in [0.717, 1.165) is 66.6 Å². The first kappa shape index (κ1) is 21.8. The number of anilines is 1. The van der Waals surface area contributed by atoms with Crippen LogP contribution in [0.4, 0.5) is 5.13 Å². The molecule has 1 amide bonds. The summed E-state index contributed by atoms with van der Waals surface area (Å²) in [5, 5.41) is 9.04. The maximum atomic E-state index is 12.6. The van der Waals surface area contributed by atoms with Crippen molar-refractivity contribution in [1.29, 1.82) is 0 Å². The molecule has 2 aromatic heterocycles. The zero-order valence-electron chi connectivity index (χ0n) is 17.5. The van der Waals surface area contributed by atoms with E-state index in [9.17, 15) is 9.59 Å². The molecule has 3 aromatic rings. The summed E-state index contributed by atoms with van der Waals surface area (Å²) in [5.74, 6) is 0.118. The number of carbonyl (C=O) groups is 1. The van der Waals surface area contributed by atoms with E-state index in [2.05, 4.69) is 27.2 Å². The molecule has 7 nitrogen and oxygen atoms in total. The zero-order valence-corrected chi connectivity index (χ0v) is 19.1. The Morgan fingerprint density at radius 1 is 1.23 bits per heavy atom. The van der Waals surface area contributed by atoms with Crippen molar-refractivity contribution < 1.29 is 4.79 Å². The van der Waals surface area contributed by atoms with Crippen LogP contribution < -0.4 is 15.8 Å². The van der Waals surface area contributed by atoms with Gasteiger partial charge in [-0.15, -0.1) is 5.10 Å². The van der Waals surface area contributed by atoms with E-state index in [4.69, 9.17) is 11.6 Å². The van der Waals surface area contributed by atoms with Gasteiger partial charge in [-0.05, 0) is 43.4 Å². The van der Waals surface area contributed by atoms with E-state index in [0.29, 0.717) is 11.5 Å². The molecular formula is C22H26ClN5O2S. The fourth-order valence-electron chi connectivity index (χ4n) is 3.82. The normalized spacial score (nSPS) is 14.8. The van der Waals surface area contributed by atoms with Crippen LogP contribution in [0.15, 0.2) is 35.1 Å². The second kappa shape index (κ2) is 9.78. The summed E-state index contributed by atoms with van der Waals surface area (Å²) >= 11 is 7.34. The van der Waals surface area contributed by atoms with Crippen molar-refractivity contribution in [3.63, 3.8) is 0 Å². The van der Waals surface area contributed by atoms with Crippen molar-refractivity contribution in [1.82, 2.24) is 19.9 Å². The lowest BCUT2D eigenvalue weighted by Crippen LogP contribution is -2.41. The molecule has 0 radical (unpaired) electrons. The Bertz CT molecular complexity index is 1100. The molecule has 0 spiro atoms. The third kappa shape index (κ3) is 5.25. The van der Waals surface area contributed by atoms with E-state index >= 15 is 0 Å². The lowest BCUT2D eigenvalue weighted by Gasteiger charge is -2.30. The Kier molecular flexibility index (Phi) is 6.87. The van der Waals surface area contributed by atoms with Crippen molar-refractivity contribution in [2.45, 2.75) is 39.0 Å². The molecule has 0 saturated carbocycles. The smallest absolute Gasteiger partial charge is 0.275 e. The van der Waals surface area contributed by atoms with Crippen LogP contribution in [0.5, 0.6) is 0 Å². The summed E-state index contributed by atoms with van der Waals surface area (Å²) in [4.78, 5) is 32.2. The predicted octanol–water partition coefficient (Wildman–Crippen LogP) is 3.33. The first-order valence-corrected chi connectivity index (χ1v) is 11.9. The van der Waals surface area contributed by atoms with Crippen molar-refractivity contribution in [3.8, 4) is 0 Å². The highest BCUT2D eigenvalue weighted by Crippen LogP contribution is 2.27. The SMILES string of the molecule is CCCc1cc(=O)n2nc(N3CCC(C(=O)NCCc4ccc(Cl)cc4)CC3)sc2n1. The fraction of sp³-hybridized carbons (Fsp3) is 0.455. The van der Waals surface area contributed by atoms with Crippen LogP contribution >= 0.6 is 22.9 Å². The highest BCUT2D eigenvalue weighted by Gasteiger charge is 2.26. The average molecular weight is 460 g/mol. The van der Waals surface area contributed by atoms with Crippen LogP contribution in [0.2, 0.25) is 5.02 Å². The second-order valence-electron chi connectivity index (χ2n) is 7.84. The molecule has 3 heterocycles. The van der Waals surface area contributed by atoms with Crippen LogP contribution in [-0.4, -0.2) is 40.1 Å². The minimum atomic E-state index is -0.133. The molecule has 1 saturated heterocycles. The first-order chi connectivity index (χ1) is 15.0. The van der Waals surface area contributed by atoms with Crippen molar-refractivity contribution in [2.24, 2.45) is 5.92 Å². The number of aromatic nitrogens is 3. The second-order valence-corrected chi connectivity index (χ2v) is 9.21. The molecule has 9 heteroatoms. The monoisotopic (exact) mass is 459 g/mol. The number of piperidine rings is 1. The molecule has 0 atom stereocenters. The maximum Gasteiger partial charge on any atom is 0.275 e. The summed E-state index contributed by atoms with van der Waals surface area (Å²) < 4.78 is 1.38. The van der Waals surface area contributed by atoms with Crippen LogP contribution in [0.3, 0.4) is 0 Å². The lowest BCUT2D eigenvalue weighted by molar-refractivity contribution is -0.125. The summed E-state index contributed by atoms with van der Waals surface area (Å²) in [6.07, 6.45) is 4.06. The molecule has 1 fully saturated rings. The van der Waals surface area contributed by atoms with Crippen LogP contribution in [0.1, 0.15) is 37.4 Å². The molecule has 164 valence electrons. The molecule has 31 heavy (non-hydrogen) atoms. The number of halogens is 1. The van der Waals surface area contributed by atoms with Gasteiger partial charge in [0.15, 0.2) is 0 Å². The van der Waals surface area contributed by atoms with Crippen LogP contribution in [0, 0.1) is 5.92 Å². The predicted molar refractivity (Wildman–Crippen MR) is 124 cm³/mol. The minimum absolute atomic E-state index is 0.00727. The van der Waals surface area contributed by atoms with Gasteiger partial charge in [-0.1, -0.05) is 48.4 Å². The van der Waals surface area contributed by atoms with Gasteiger partial charge in [0, 0.05) is 42.3 Å². The van der Waals surface area contributed by atoms with Crippen molar-refractivity contribution in [3.05, 3.63) is 57.0 Å². The van der Waals surface area contributed by atoms with E-state index in [1.54, 1.807) is 6.07 Å². The van der Waals surface area contributed by atoms with Crippen molar-refractivity contribution in [2.75, 3.05) is 24.5 Å². The Balaban J connectivity index is 1.30. The average Bonchev–Trinajstić information content (AvgIpc) is 3.20. The van der Waals surface area contributed by atoms with Crippen molar-refractivity contribution >= 4 is 38.9 Å². The summed E-state index contributed by atoms with van der Waals surface area (Å²) in [5.41, 5.74) is 1.84. The first-order valence-electron chi connectivity index (χ1n) is 10.7. The van der Waals surface area contributed by atoms with Gasteiger partial charge in [-0.3, -0.25) is 9.59 Å². The standard InChI is InChI=1S/C22H26ClN5O2S/c1-2-3-18-14-19(29)28-21(25-18)31-22(26-28)27-12-9-16(10-13-27)20(30)24-11-8-15-4-6-17(23)7-5-15/h4-7,14,16H,2-3,8-13H2,1H3,(H,24,30). The fourth-order valence-corrected chi connectivity index (χ4v) is 4.92. The number of amides is 1. The maximum absolute atomic E-state index is 12.6. The summed E-state index contributed by atoms with van der Waals surface area (Å²) in [6, 6.07) is 9.27. The van der Waals surface area contributed by atoms with E-state index in [1.165, 1.54) is 15.9 Å². The number of fused-ring (bicyclic) bond motifs is 1. The molecule has 0 aliphatic carbocycles. The number of hydrogen-bond donors (Lipinski definition) is 1. The Morgan fingerprint density at radius 2 is 1.97 bits per heavy atom. The highest BCUT2D eigenvalue weighted by atomic mass is 35.5. The molecule has 1 aliphatic heterocycles. The number of aryl methyl sites for hydroxylation is 1.